The predicted octanol–water partition coefficient (Wildman–Crippen LogP) is 4.39. The molecule has 1 fully saturated rings. The monoisotopic (exact) mass is 562 g/mol. The average molecular weight is 562 g/mol. The van der Waals surface area contributed by atoms with Crippen molar-refractivity contribution in [3.63, 3.8) is 0 Å². The zero-order chi connectivity index (χ0) is 23.3. The molecule has 1 heterocycles. The minimum Gasteiger partial charge on any atom is -0.490 e. The van der Waals surface area contributed by atoms with E-state index in [0.29, 0.717) is 30.3 Å². The minimum absolute atomic E-state index is 0.00729. The summed E-state index contributed by atoms with van der Waals surface area (Å²) in [5, 5.41) is 2.62. The van der Waals surface area contributed by atoms with Crippen molar-refractivity contribution in [2.75, 3.05) is 13.2 Å². The molecule has 0 saturated carbocycles. The van der Waals surface area contributed by atoms with Crippen LogP contribution in [0.15, 0.2) is 54.6 Å². The largest absolute Gasteiger partial charge is 0.490 e. The number of rotatable bonds is 8. The van der Waals surface area contributed by atoms with Crippen molar-refractivity contribution < 1.29 is 19.1 Å². The van der Waals surface area contributed by atoms with Gasteiger partial charge in [-0.1, -0.05) is 35.9 Å². The summed E-state index contributed by atoms with van der Waals surface area (Å²) in [6.07, 6.45) is 3.08. The van der Waals surface area contributed by atoms with Crippen molar-refractivity contribution in [2.24, 2.45) is 0 Å². The number of carbonyl (C=O) groups is 2. The van der Waals surface area contributed by atoms with Crippen molar-refractivity contribution in [1.29, 1.82) is 0 Å². The summed E-state index contributed by atoms with van der Waals surface area (Å²) >= 11 is 7.26. The molecule has 0 bridgehead atoms. The Morgan fingerprint density at radius 2 is 2.00 bits per heavy atom. The van der Waals surface area contributed by atoms with Crippen molar-refractivity contribution in [1.82, 2.24) is 10.2 Å². The number of nitrogens with zero attached hydrogens (tertiary/aromatic N) is 1. The fourth-order valence-electron chi connectivity index (χ4n) is 3.19. The Labute approximate surface area is 206 Å². The molecule has 2 amide bonds. The number of hydrogen-bond acceptors (Lipinski definition) is 5. The van der Waals surface area contributed by atoms with Crippen LogP contribution in [0.5, 0.6) is 11.5 Å². The lowest BCUT2D eigenvalue weighted by atomic mass is 10.1. The van der Waals surface area contributed by atoms with Crippen molar-refractivity contribution in [2.45, 2.75) is 20.5 Å². The van der Waals surface area contributed by atoms with Gasteiger partial charge in [0.05, 0.1) is 10.2 Å². The molecular weight excluding hydrogens is 539 g/mol. The highest BCUT2D eigenvalue weighted by Gasteiger charge is 2.32. The number of aryl methyl sites for hydroxylation is 1. The number of halogens is 1. The number of amides is 2. The Bertz CT molecular complexity index is 1110. The second-order valence-electron chi connectivity index (χ2n) is 7.06. The van der Waals surface area contributed by atoms with Gasteiger partial charge in [-0.05, 0) is 78.0 Å². The Hall–Kier alpha value is -2.72. The average Bonchev–Trinajstić information content (AvgIpc) is 2.74. The summed E-state index contributed by atoms with van der Waals surface area (Å²) in [6.45, 7) is 8.60. The highest BCUT2D eigenvalue weighted by atomic mass is 127. The van der Waals surface area contributed by atoms with Gasteiger partial charge in [-0.2, -0.15) is 0 Å². The number of hydrogen-bond donors (Lipinski definition) is 1. The van der Waals surface area contributed by atoms with Crippen LogP contribution in [0.2, 0.25) is 0 Å². The van der Waals surface area contributed by atoms with Crippen LogP contribution in [-0.4, -0.2) is 35.0 Å². The Kier molecular flexibility index (Phi) is 8.03. The maximum Gasteiger partial charge on any atom is 0.265 e. The van der Waals surface area contributed by atoms with E-state index in [1.54, 1.807) is 12.1 Å². The van der Waals surface area contributed by atoms with Gasteiger partial charge in [-0.25, -0.2) is 0 Å². The summed E-state index contributed by atoms with van der Waals surface area (Å²) < 4.78 is 12.7. The first kappa shape index (κ1) is 23.9. The van der Waals surface area contributed by atoms with Crippen molar-refractivity contribution in [3.05, 3.63) is 74.9 Å². The van der Waals surface area contributed by atoms with E-state index in [2.05, 4.69) is 40.6 Å². The van der Waals surface area contributed by atoms with Gasteiger partial charge < -0.3 is 9.47 Å². The van der Waals surface area contributed by atoms with Crippen molar-refractivity contribution in [3.8, 4) is 11.5 Å². The lowest BCUT2D eigenvalue weighted by molar-refractivity contribution is -0.128. The van der Waals surface area contributed by atoms with Gasteiger partial charge in [-0.15, -0.1) is 6.58 Å². The van der Waals surface area contributed by atoms with Crippen LogP contribution < -0.4 is 14.8 Å². The maximum absolute atomic E-state index is 12.8. The van der Waals surface area contributed by atoms with Crippen LogP contribution in [-0.2, 0) is 16.2 Å². The molecule has 1 aliphatic heterocycles. The number of nitrogens with one attached hydrogen (secondary N) is 1. The van der Waals surface area contributed by atoms with Gasteiger partial charge in [0.15, 0.2) is 16.6 Å². The Morgan fingerprint density at radius 3 is 2.69 bits per heavy atom. The van der Waals surface area contributed by atoms with E-state index in [4.69, 9.17) is 21.7 Å². The quantitative estimate of drug-likeness (QED) is 0.170. The number of ether oxygens (including phenoxy) is 2. The second-order valence-corrected chi connectivity index (χ2v) is 8.61. The van der Waals surface area contributed by atoms with E-state index in [1.807, 2.05) is 38.1 Å². The van der Waals surface area contributed by atoms with Crippen LogP contribution in [0.25, 0.3) is 6.08 Å². The molecule has 0 radical (unpaired) electrons. The van der Waals surface area contributed by atoms with Crippen LogP contribution in [0.4, 0.5) is 0 Å². The second kappa shape index (κ2) is 10.7. The minimum atomic E-state index is -0.534. The SMILES string of the molecule is C=CCN1C(=O)/C(=C/c2cc(I)c(OCc3cccc(C)c3)c(OCC)c2)C(=O)NC1=S. The molecule has 1 saturated heterocycles. The fraction of sp³-hybridized carbons (Fsp3) is 0.208. The fourth-order valence-corrected chi connectivity index (χ4v) is 4.22. The third-order valence-corrected chi connectivity index (χ3v) is 5.73. The van der Waals surface area contributed by atoms with Gasteiger partial charge >= 0.3 is 0 Å². The van der Waals surface area contributed by atoms with Crippen molar-refractivity contribution >= 4 is 57.8 Å². The molecule has 1 N–H and O–H groups in total. The third-order valence-electron chi connectivity index (χ3n) is 4.61. The first-order chi connectivity index (χ1) is 15.3. The van der Waals surface area contributed by atoms with Crippen LogP contribution in [0, 0.1) is 10.5 Å². The van der Waals surface area contributed by atoms with Gasteiger partial charge in [0, 0.05) is 6.54 Å². The third kappa shape index (κ3) is 5.55. The Balaban J connectivity index is 1.92. The van der Waals surface area contributed by atoms with Gasteiger partial charge in [0.25, 0.3) is 11.8 Å². The molecule has 0 unspecified atom stereocenters. The van der Waals surface area contributed by atoms with Gasteiger partial charge in [-0.3, -0.25) is 19.8 Å². The Morgan fingerprint density at radius 1 is 1.22 bits per heavy atom. The van der Waals surface area contributed by atoms with E-state index in [0.717, 1.165) is 14.7 Å². The summed E-state index contributed by atoms with van der Waals surface area (Å²) in [5.74, 6) is 0.158. The molecule has 32 heavy (non-hydrogen) atoms. The molecule has 1 aliphatic rings. The van der Waals surface area contributed by atoms with E-state index in [-0.39, 0.29) is 17.2 Å². The van der Waals surface area contributed by atoms with E-state index in [9.17, 15) is 9.59 Å². The predicted molar refractivity (Wildman–Crippen MR) is 136 cm³/mol. The topological polar surface area (TPSA) is 67.9 Å². The summed E-state index contributed by atoms with van der Waals surface area (Å²) in [7, 11) is 0. The molecule has 6 nitrogen and oxygen atoms in total. The molecule has 3 rings (SSSR count). The molecule has 8 heteroatoms. The van der Waals surface area contributed by atoms with Crippen LogP contribution in [0.1, 0.15) is 23.6 Å². The molecule has 2 aromatic carbocycles. The lowest BCUT2D eigenvalue weighted by Gasteiger charge is -2.27. The van der Waals surface area contributed by atoms with Crippen LogP contribution in [0.3, 0.4) is 0 Å². The summed E-state index contributed by atoms with van der Waals surface area (Å²) in [4.78, 5) is 26.5. The number of benzene rings is 2. The highest BCUT2D eigenvalue weighted by molar-refractivity contribution is 14.1. The smallest absolute Gasteiger partial charge is 0.265 e. The maximum atomic E-state index is 12.8. The molecule has 0 spiro atoms. The highest BCUT2D eigenvalue weighted by Crippen LogP contribution is 2.35. The zero-order valence-corrected chi connectivity index (χ0v) is 20.8. The molecule has 0 aromatic heterocycles. The molecule has 0 aliphatic carbocycles. The molecule has 2 aromatic rings. The number of thiocarbonyl (C=S) groups is 1. The lowest BCUT2D eigenvalue weighted by Crippen LogP contribution is -2.53. The first-order valence-electron chi connectivity index (χ1n) is 9.98. The molecular formula is C24H23IN2O4S. The van der Waals surface area contributed by atoms with Gasteiger partial charge in [0.2, 0.25) is 0 Å². The molecule has 0 atom stereocenters. The molecule has 166 valence electrons. The van der Waals surface area contributed by atoms with Gasteiger partial charge in [0.1, 0.15) is 12.2 Å². The first-order valence-corrected chi connectivity index (χ1v) is 11.5. The standard InChI is InChI=1S/C24H23IN2O4S/c1-4-9-27-23(29)18(22(28)26-24(27)32)11-17-12-19(25)21(20(13-17)30-5-2)31-14-16-8-6-7-15(3)10-16/h4,6-8,10-13H,1,5,9,14H2,2-3H3,(H,26,28,32)/b18-11+. The van der Waals surface area contributed by atoms with Crippen LogP contribution >= 0.6 is 34.8 Å². The summed E-state index contributed by atoms with van der Waals surface area (Å²) in [5.41, 5.74) is 2.85. The summed E-state index contributed by atoms with van der Waals surface area (Å²) in [6, 6.07) is 11.7. The number of carbonyl (C=O) groups excluding carboxylic acids is 2. The van der Waals surface area contributed by atoms with E-state index < -0.39 is 11.8 Å². The normalized spacial score (nSPS) is 15.0. The van der Waals surface area contributed by atoms with E-state index >= 15 is 0 Å². The van der Waals surface area contributed by atoms with E-state index in [1.165, 1.54) is 11.0 Å². The zero-order valence-electron chi connectivity index (χ0n) is 17.8.